The molecule has 1 fully saturated rings. The number of carbonyl (C=O) groups excluding carboxylic acids is 1. The highest BCUT2D eigenvalue weighted by molar-refractivity contribution is 5.78. The van der Waals surface area contributed by atoms with E-state index in [1.807, 2.05) is 0 Å². The average molecular weight is 309 g/mol. The quantitative estimate of drug-likeness (QED) is 0.488. The summed E-state index contributed by atoms with van der Waals surface area (Å²) in [5, 5.41) is 0.905. The van der Waals surface area contributed by atoms with Gasteiger partial charge < -0.3 is 0 Å². The van der Waals surface area contributed by atoms with Crippen molar-refractivity contribution in [2.24, 2.45) is 5.92 Å². The molecular formula is C13H12F5NO2. The summed E-state index contributed by atoms with van der Waals surface area (Å²) in [7, 11) is 0. The number of amides is 1. The summed E-state index contributed by atoms with van der Waals surface area (Å²) in [5.74, 6) is -10.7. The predicted octanol–water partition coefficient (Wildman–Crippen LogP) is 3.07. The Hall–Kier alpha value is -1.70. The number of hydrogen-bond donors (Lipinski definition) is 0. The van der Waals surface area contributed by atoms with E-state index < -0.39 is 47.2 Å². The second-order valence-corrected chi connectivity index (χ2v) is 4.96. The van der Waals surface area contributed by atoms with E-state index in [0.29, 0.717) is 0 Å². The Labute approximate surface area is 117 Å². The Balaban J connectivity index is 2.24. The molecule has 116 valence electrons. The lowest BCUT2D eigenvalue weighted by molar-refractivity contribution is -0.195. The maximum absolute atomic E-state index is 13.4. The highest BCUT2D eigenvalue weighted by atomic mass is 19.2. The second-order valence-electron chi connectivity index (χ2n) is 4.96. The Morgan fingerprint density at radius 2 is 1.48 bits per heavy atom. The molecule has 1 aromatic rings. The van der Waals surface area contributed by atoms with E-state index in [1.54, 1.807) is 13.8 Å². The van der Waals surface area contributed by atoms with E-state index in [9.17, 15) is 26.7 Å². The molecule has 21 heavy (non-hydrogen) atoms. The van der Waals surface area contributed by atoms with Gasteiger partial charge in [-0.3, -0.25) is 9.63 Å². The summed E-state index contributed by atoms with van der Waals surface area (Å²) in [6.45, 7) is 2.52. The fraction of sp³-hybridized carbons (Fsp3) is 0.462. The Kier molecular flexibility index (Phi) is 4.18. The fourth-order valence-electron chi connectivity index (χ4n) is 2.09. The van der Waals surface area contributed by atoms with Crippen LogP contribution in [0.15, 0.2) is 0 Å². The van der Waals surface area contributed by atoms with Gasteiger partial charge in [0.2, 0.25) is 11.7 Å². The first-order valence-corrected chi connectivity index (χ1v) is 6.21. The van der Waals surface area contributed by atoms with Gasteiger partial charge >= 0.3 is 0 Å². The molecule has 0 aromatic heterocycles. The number of carbonyl (C=O) groups is 1. The van der Waals surface area contributed by atoms with Crippen molar-refractivity contribution >= 4 is 5.91 Å². The molecule has 8 heteroatoms. The highest BCUT2D eigenvalue weighted by Gasteiger charge is 2.36. The van der Waals surface area contributed by atoms with Gasteiger partial charge in [0.25, 0.3) is 0 Å². The third-order valence-corrected chi connectivity index (χ3v) is 3.58. The molecule has 3 nitrogen and oxygen atoms in total. The highest BCUT2D eigenvalue weighted by Crippen LogP contribution is 2.28. The van der Waals surface area contributed by atoms with Crippen molar-refractivity contribution < 1.29 is 31.6 Å². The van der Waals surface area contributed by atoms with Crippen LogP contribution in [0.3, 0.4) is 0 Å². The van der Waals surface area contributed by atoms with E-state index in [0.717, 1.165) is 5.06 Å². The number of nitrogens with zero attached hydrogens (tertiary/aromatic N) is 1. The van der Waals surface area contributed by atoms with Crippen molar-refractivity contribution in [1.82, 2.24) is 5.06 Å². The minimum absolute atomic E-state index is 0.0334. The van der Waals surface area contributed by atoms with Crippen LogP contribution in [-0.4, -0.2) is 17.0 Å². The van der Waals surface area contributed by atoms with Gasteiger partial charge in [0.1, 0.15) is 6.61 Å². The molecule has 0 saturated carbocycles. The van der Waals surface area contributed by atoms with E-state index in [1.165, 1.54) is 0 Å². The van der Waals surface area contributed by atoms with E-state index >= 15 is 0 Å². The van der Waals surface area contributed by atoms with Gasteiger partial charge in [-0.2, -0.15) is 0 Å². The standard InChI is InChI=1S/C13H12F5NO2/c1-5-3-8(20)19(6(5)2)21-4-7-9(14)11(16)13(18)12(17)10(7)15/h5-6H,3-4H2,1-2H3. The van der Waals surface area contributed by atoms with Crippen molar-refractivity contribution in [2.45, 2.75) is 32.9 Å². The van der Waals surface area contributed by atoms with E-state index in [4.69, 9.17) is 4.84 Å². The Morgan fingerprint density at radius 1 is 1.00 bits per heavy atom. The van der Waals surface area contributed by atoms with Gasteiger partial charge in [0, 0.05) is 6.42 Å². The predicted molar refractivity (Wildman–Crippen MR) is 61.1 cm³/mol. The van der Waals surface area contributed by atoms with Gasteiger partial charge in [-0.25, -0.2) is 27.0 Å². The van der Waals surface area contributed by atoms with Crippen LogP contribution in [0.25, 0.3) is 0 Å². The molecule has 1 saturated heterocycles. The van der Waals surface area contributed by atoms with E-state index in [2.05, 4.69) is 0 Å². The van der Waals surface area contributed by atoms with Crippen LogP contribution in [-0.2, 0) is 16.2 Å². The molecule has 2 atom stereocenters. The first-order chi connectivity index (χ1) is 9.75. The van der Waals surface area contributed by atoms with Crippen LogP contribution < -0.4 is 0 Å². The van der Waals surface area contributed by atoms with Crippen LogP contribution in [0, 0.1) is 35.0 Å². The van der Waals surface area contributed by atoms with Gasteiger partial charge in [-0.1, -0.05) is 6.92 Å². The number of rotatable bonds is 3. The van der Waals surface area contributed by atoms with Crippen molar-refractivity contribution in [2.75, 3.05) is 0 Å². The van der Waals surface area contributed by atoms with Crippen molar-refractivity contribution in [3.05, 3.63) is 34.6 Å². The zero-order valence-electron chi connectivity index (χ0n) is 11.2. The van der Waals surface area contributed by atoms with Crippen LogP contribution in [0.1, 0.15) is 25.8 Å². The minimum atomic E-state index is -2.23. The normalized spacial score (nSPS) is 22.2. The van der Waals surface area contributed by atoms with Crippen LogP contribution >= 0.6 is 0 Å². The molecule has 1 heterocycles. The molecular weight excluding hydrogens is 297 g/mol. The fourth-order valence-corrected chi connectivity index (χ4v) is 2.09. The van der Waals surface area contributed by atoms with E-state index in [-0.39, 0.29) is 18.4 Å². The van der Waals surface area contributed by atoms with Gasteiger partial charge in [-0.15, -0.1) is 0 Å². The van der Waals surface area contributed by atoms with Crippen LogP contribution in [0.5, 0.6) is 0 Å². The Morgan fingerprint density at radius 3 is 1.90 bits per heavy atom. The van der Waals surface area contributed by atoms with Crippen molar-refractivity contribution in [1.29, 1.82) is 0 Å². The second kappa shape index (κ2) is 5.59. The first-order valence-electron chi connectivity index (χ1n) is 6.21. The summed E-state index contributed by atoms with van der Waals surface area (Å²) < 4.78 is 65.8. The number of benzene rings is 1. The summed E-state index contributed by atoms with van der Waals surface area (Å²) in [4.78, 5) is 16.5. The zero-order chi connectivity index (χ0) is 15.9. The lowest BCUT2D eigenvalue weighted by atomic mass is 10.1. The van der Waals surface area contributed by atoms with Crippen LogP contribution in [0.2, 0.25) is 0 Å². The topological polar surface area (TPSA) is 29.5 Å². The summed E-state index contributed by atoms with van der Waals surface area (Å²) in [6.07, 6.45) is 0.193. The molecule has 1 aromatic carbocycles. The average Bonchev–Trinajstić information content (AvgIpc) is 2.69. The molecule has 2 unspecified atom stereocenters. The van der Waals surface area contributed by atoms with Gasteiger partial charge in [0.05, 0.1) is 11.6 Å². The Bertz CT molecular complexity index is 563. The summed E-state index contributed by atoms with van der Waals surface area (Å²) in [5.41, 5.74) is -1.11. The number of hydrogen-bond acceptors (Lipinski definition) is 2. The monoisotopic (exact) mass is 309 g/mol. The molecule has 1 amide bonds. The van der Waals surface area contributed by atoms with Crippen molar-refractivity contribution in [3.63, 3.8) is 0 Å². The number of hydroxylamine groups is 2. The maximum Gasteiger partial charge on any atom is 0.246 e. The number of halogens is 5. The maximum atomic E-state index is 13.4. The molecule has 0 bridgehead atoms. The first kappa shape index (κ1) is 15.7. The third kappa shape index (κ3) is 2.59. The summed E-state index contributed by atoms with van der Waals surface area (Å²) in [6, 6.07) is -0.348. The molecule has 0 spiro atoms. The SMILES string of the molecule is CC1CC(=O)N(OCc2c(F)c(F)c(F)c(F)c2F)C1C. The molecule has 0 aliphatic carbocycles. The largest absolute Gasteiger partial charge is 0.273 e. The van der Waals surface area contributed by atoms with Gasteiger partial charge in [-0.05, 0) is 12.8 Å². The third-order valence-electron chi connectivity index (χ3n) is 3.58. The lowest BCUT2D eigenvalue weighted by Gasteiger charge is -2.22. The molecule has 1 aliphatic rings. The van der Waals surface area contributed by atoms with Crippen LogP contribution in [0.4, 0.5) is 22.0 Å². The molecule has 0 radical (unpaired) electrons. The molecule has 1 aliphatic heterocycles. The lowest BCUT2D eigenvalue weighted by Crippen LogP contribution is -2.32. The summed E-state index contributed by atoms with van der Waals surface area (Å²) >= 11 is 0. The smallest absolute Gasteiger partial charge is 0.246 e. The van der Waals surface area contributed by atoms with Gasteiger partial charge in [0.15, 0.2) is 23.3 Å². The van der Waals surface area contributed by atoms with Crippen molar-refractivity contribution in [3.8, 4) is 0 Å². The molecule has 0 N–H and O–H groups in total. The zero-order valence-corrected chi connectivity index (χ0v) is 11.2. The minimum Gasteiger partial charge on any atom is -0.273 e. The molecule has 2 rings (SSSR count).